The van der Waals surface area contributed by atoms with Crippen LogP contribution < -0.4 is 0 Å². The number of allylic oxidation sites excluding steroid dienone is 1. The van der Waals surface area contributed by atoms with Crippen molar-refractivity contribution in [3.63, 3.8) is 0 Å². The summed E-state index contributed by atoms with van der Waals surface area (Å²) in [7, 11) is 0. The Kier molecular flexibility index (Phi) is 3.65. The Balaban J connectivity index is 0.000000329. The Morgan fingerprint density at radius 3 is 2.47 bits per heavy atom. The van der Waals surface area contributed by atoms with E-state index in [2.05, 4.69) is 36.9 Å². The van der Waals surface area contributed by atoms with Crippen LogP contribution in [0.2, 0.25) is 5.02 Å². The third-order valence-corrected chi connectivity index (χ3v) is 3.15. The molecule has 0 bridgehead atoms. The Morgan fingerprint density at radius 2 is 1.71 bits per heavy atom. The van der Waals surface area contributed by atoms with Crippen molar-refractivity contribution in [2.75, 3.05) is 0 Å². The summed E-state index contributed by atoms with van der Waals surface area (Å²) in [5.74, 6) is 0. The monoisotopic (exact) mass is 242 g/mol. The molecular formula is C16H15Cl. The van der Waals surface area contributed by atoms with E-state index < -0.39 is 0 Å². The summed E-state index contributed by atoms with van der Waals surface area (Å²) < 4.78 is 0. The van der Waals surface area contributed by atoms with Crippen molar-refractivity contribution in [2.24, 2.45) is 0 Å². The van der Waals surface area contributed by atoms with Crippen LogP contribution >= 0.6 is 11.6 Å². The highest BCUT2D eigenvalue weighted by Crippen LogP contribution is 2.39. The van der Waals surface area contributed by atoms with Crippen LogP contribution in [0, 0.1) is 0 Å². The first-order valence-electron chi connectivity index (χ1n) is 5.70. The smallest absolute Gasteiger partial charge is 0.0447 e. The van der Waals surface area contributed by atoms with Crippen molar-refractivity contribution < 1.29 is 0 Å². The largest absolute Gasteiger partial charge is 0.103 e. The number of hydrogen-bond acceptors (Lipinski definition) is 0. The summed E-state index contributed by atoms with van der Waals surface area (Å²) >= 11 is 6.16. The van der Waals surface area contributed by atoms with Crippen LogP contribution in [0.1, 0.15) is 18.1 Å². The first kappa shape index (κ1) is 11.9. The molecule has 0 saturated carbocycles. The predicted molar refractivity (Wildman–Crippen MR) is 75.6 cm³/mol. The Hall–Kier alpha value is -1.53. The van der Waals surface area contributed by atoms with Gasteiger partial charge in [-0.05, 0) is 35.2 Å². The standard InChI is InChI=1S/C13H9Cl.C3H6/c14-13-7-3-6-11-10-5-2-1-4-9(10)8-12(11)13;1-3-2/h1-7H,8H2;3H,1H2,2H3. The molecule has 0 radical (unpaired) electrons. The molecule has 1 aliphatic carbocycles. The Labute approximate surface area is 108 Å². The molecule has 0 N–H and O–H groups in total. The fraction of sp³-hybridized carbons (Fsp3) is 0.125. The van der Waals surface area contributed by atoms with Crippen LogP contribution in [-0.4, -0.2) is 0 Å². The Bertz CT molecular complexity index is 541. The van der Waals surface area contributed by atoms with Gasteiger partial charge in [0.15, 0.2) is 0 Å². The molecule has 0 unspecified atom stereocenters. The van der Waals surface area contributed by atoms with Gasteiger partial charge in [-0.15, -0.1) is 6.58 Å². The zero-order valence-electron chi connectivity index (χ0n) is 9.91. The summed E-state index contributed by atoms with van der Waals surface area (Å²) in [6.45, 7) is 5.25. The molecule has 1 heteroatoms. The average molecular weight is 243 g/mol. The molecule has 0 aliphatic heterocycles. The average Bonchev–Trinajstić information content (AvgIpc) is 2.71. The summed E-state index contributed by atoms with van der Waals surface area (Å²) in [5, 5.41) is 0.888. The van der Waals surface area contributed by atoms with Crippen molar-refractivity contribution >= 4 is 11.6 Å². The number of rotatable bonds is 0. The maximum absolute atomic E-state index is 6.16. The SMILES string of the molecule is C=CC.Clc1cccc2c1Cc1ccccc1-2. The second-order valence-electron chi connectivity index (χ2n) is 4.01. The quantitative estimate of drug-likeness (QED) is 0.481. The van der Waals surface area contributed by atoms with Crippen LogP contribution in [0.15, 0.2) is 55.1 Å². The van der Waals surface area contributed by atoms with Gasteiger partial charge in [0, 0.05) is 11.4 Å². The lowest BCUT2D eigenvalue weighted by molar-refractivity contribution is 1.26. The molecule has 17 heavy (non-hydrogen) atoms. The minimum Gasteiger partial charge on any atom is -0.103 e. The van der Waals surface area contributed by atoms with E-state index in [0.717, 1.165) is 11.4 Å². The van der Waals surface area contributed by atoms with Gasteiger partial charge in [-0.1, -0.05) is 54.1 Å². The van der Waals surface area contributed by atoms with Gasteiger partial charge in [-0.3, -0.25) is 0 Å². The maximum Gasteiger partial charge on any atom is 0.0447 e. The molecule has 0 nitrogen and oxygen atoms in total. The van der Waals surface area contributed by atoms with Gasteiger partial charge in [-0.2, -0.15) is 0 Å². The lowest BCUT2D eigenvalue weighted by Crippen LogP contribution is -1.80. The third kappa shape index (κ3) is 2.27. The highest BCUT2D eigenvalue weighted by Gasteiger charge is 2.19. The van der Waals surface area contributed by atoms with E-state index in [4.69, 9.17) is 11.6 Å². The van der Waals surface area contributed by atoms with Crippen LogP contribution in [0.25, 0.3) is 11.1 Å². The number of hydrogen-bond donors (Lipinski definition) is 0. The molecule has 0 amide bonds. The van der Waals surface area contributed by atoms with E-state index in [1.807, 2.05) is 19.1 Å². The lowest BCUT2D eigenvalue weighted by Gasteiger charge is -2.00. The fourth-order valence-electron chi connectivity index (χ4n) is 2.12. The normalized spacial score (nSPS) is 10.9. The first-order chi connectivity index (χ1) is 8.27. The summed E-state index contributed by atoms with van der Waals surface area (Å²) in [4.78, 5) is 0. The fourth-order valence-corrected chi connectivity index (χ4v) is 2.36. The number of halogens is 1. The molecule has 1 aliphatic rings. The molecule has 0 saturated heterocycles. The maximum atomic E-state index is 6.16. The Morgan fingerprint density at radius 1 is 1.06 bits per heavy atom. The molecule has 3 rings (SSSR count). The highest BCUT2D eigenvalue weighted by atomic mass is 35.5. The van der Waals surface area contributed by atoms with E-state index in [1.54, 1.807) is 6.08 Å². The van der Waals surface area contributed by atoms with Crippen molar-refractivity contribution in [3.8, 4) is 11.1 Å². The molecule has 0 fully saturated rings. The van der Waals surface area contributed by atoms with Gasteiger partial charge in [0.2, 0.25) is 0 Å². The van der Waals surface area contributed by atoms with Gasteiger partial charge in [0.25, 0.3) is 0 Å². The predicted octanol–water partition coefficient (Wildman–Crippen LogP) is 5.10. The summed E-state index contributed by atoms with van der Waals surface area (Å²) in [6, 6.07) is 14.6. The van der Waals surface area contributed by atoms with E-state index in [-0.39, 0.29) is 0 Å². The van der Waals surface area contributed by atoms with Gasteiger partial charge in [0.1, 0.15) is 0 Å². The topological polar surface area (TPSA) is 0 Å². The first-order valence-corrected chi connectivity index (χ1v) is 6.08. The van der Waals surface area contributed by atoms with E-state index in [1.165, 1.54) is 22.3 Å². The lowest BCUT2D eigenvalue weighted by atomic mass is 10.1. The van der Waals surface area contributed by atoms with Gasteiger partial charge in [0.05, 0.1) is 0 Å². The van der Waals surface area contributed by atoms with Crippen LogP contribution in [0.5, 0.6) is 0 Å². The highest BCUT2D eigenvalue weighted by molar-refractivity contribution is 6.32. The molecule has 0 atom stereocenters. The number of benzene rings is 2. The molecule has 2 aromatic rings. The zero-order valence-corrected chi connectivity index (χ0v) is 10.7. The van der Waals surface area contributed by atoms with Gasteiger partial charge in [-0.25, -0.2) is 0 Å². The molecular weight excluding hydrogens is 228 g/mol. The van der Waals surface area contributed by atoms with Crippen molar-refractivity contribution in [1.82, 2.24) is 0 Å². The molecule has 0 aromatic heterocycles. The van der Waals surface area contributed by atoms with E-state index in [0.29, 0.717) is 0 Å². The van der Waals surface area contributed by atoms with Crippen LogP contribution in [0.3, 0.4) is 0 Å². The second kappa shape index (κ2) is 5.20. The molecule has 0 heterocycles. The van der Waals surface area contributed by atoms with Gasteiger partial charge < -0.3 is 0 Å². The van der Waals surface area contributed by atoms with Crippen molar-refractivity contribution in [1.29, 1.82) is 0 Å². The molecule has 2 aromatic carbocycles. The molecule has 0 spiro atoms. The van der Waals surface area contributed by atoms with Crippen molar-refractivity contribution in [2.45, 2.75) is 13.3 Å². The van der Waals surface area contributed by atoms with Crippen molar-refractivity contribution in [3.05, 3.63) is 71.3 Å². The summed E-state index contributed by atoms with van der Waals surface area (Å²) in [6.07, 6.45) is 2.73. The minimum absolute atomic E-state index is 0.888. The summed E-state index contributed by atoms with van der Waals surface area (Å²) in [5.41, 5.74) is 5.30. The number of fused-ring (bicyclic) bond motifs is 3. The minimum atomic E-state index is 0.888. The third-order valence-electron chi connectivity index (χ3n) is 2.79. The van der Waals surface area contributed by atoms with E-state index in [9.17, 15) is 0 Å². The zero-order chi connectivity index (χ0) is 12.3. The molecule has 86 valence electrons. The van der Waals surface area contributed by atoms with Crippen LogP contribution in [0.4, 0.5) is 0 Å². The second-order valence-corrected chi connectivity index (χ2v) is 4.42. The van der Waals surface area contributed by atoms with Gasteiger partial charge >= 0.3 is 0 Å². The van der Waals surface area contributed by atoms with Crippen LogP contribution in [-0.2, 0) is 6.42 Å². The van der Waals surface area contributed by atoms with E-state index >= 15 is 0 Å².